The van der Waals surface area contributed by atoms with Gasteiger partial charge >= 0.3 is 0 Å². The van der Waals surface area contributed by atoms with Gasteiger partial charge in [-0.05, 0) is 26.8 Å². The number of nitriles is 1. The van der Waals surface area contributed by atoms with Gasteiger partial charge in [0.25, 0.3) is 0 Å². The van der Waals surface area contributed by atoms with Crippen molar-refractivity contribution in [2.45, 2.75) is 38.8 Å². The van der Waals surface area contributed by atoms with E-state index in [2.05, 4.69) is 11.2 Å². The van der Waals surface area contributed by atoms with Gasteiger partial charge in [-0.2, -0.15) is 10.4 Å². The Morgan fingerprint density at radius 3 is 2.70 bits per heavy atom. The number of phenolic OH excluding ortho intramolecular Hbond substituents is 1. The normalized spacial score (nSPS) is 18.4. The van der Waals surface area contributed by atoms with Crippen LogP contribution < -0.4 is 4.74 Å². The second-order valence-electron chi connectivity index (χ2n) is 5.60. The van der Waals surface area contributed by atoms with Gasteiger partial charge in [0.15, 0.2) is 17.5 Å². The van der Waals surface area contributed by atoms with Gasteiger partial charge in [0.1, 0.15) is 0 Å². The highest BCUT2D eigenvalue weighted by molar-refractivity contribution is 5.84. The van der Waals surface area contributed by atoms with E-state index in [1.165, 1.54) is 7.11 Å². The number of hydrogen-bond acceptors (Lipinski definition) is 5. The molecule has 0 bridgehead atoms. The minimum absolute atomic E-state index is 0.00268. The molecule has 0 saturated carbocycles. The maximum absolute atomic E-state index is 10.2. The highest BCUT2D eigenvalue weighted by Crippen LogP contribution is 2.40. The third kappa shape index (κ3) is 2.29. The van der Waals surface area contributed by atoms with Crippen LogP contribution in [0.3, 0.4) is 0 Å². The first-order valence-corrected chi connectivity index (χ1v) is 6.49. The molecule has 0 aliphatic carbocycles. The van der Waals surface area contributed by atoms with Gasteiger partial charge in [0, 0.05) is 17.7 Å². The largest absolute Gasteiger partial charge is 0.504 e. The summed E-state index contributed by atoms with van der Waals surface area (Å²) in [7, 11) is 1.49. The van der Waals surface area contributed by atoms with E-state index < -0.39 is 6.04 Å². The number of nitrogens with zero attached hydrogens (tertiary/aromatic N) is 3. The summed E-state index contributed by atoms with van der Waals surface area (Å²) in [4.78, 5) is 0. The fraction of sp³-hybridized carbons (Fsp3) is 0.467. The van der Waals surface area contributed by atoms with Gasteiger partial charge in [0.2, 0.25) is 0 Å². The maximum atomic E-state index is 10.2. The minimum Gasteiger partial charge on any atom is -0.504 e. The highest BCUT2D eigenvalue weighted by atomic mass is 16.5. The Morgan fingerprint density at radius 2 is 2.20 bits per heavy atom. The molecule has 0 unspecified atom stereocenters. The van der Waals surface area contributed by atoms with Crippen LogP contribution in [-0.4, -0.2) is 28.5 Å². The third-order valence-electron chi connectivity index (χ3n) is 3.50. The molecule has 106 valence electrons. The number of hydrazone groups is 1. The maximum Gasteiger partial charge on any atom is 0.164 e. The molecule has 20 heavy (non-hydrogen) atoms. The number of benzene rings is 1. The zero-order chi connectivity index (χ0) is 14.9. The predicted octanol–water partition coefficient (Wildman–Crippen LogP) is 2.83. The van der Waals surface area contributed by atoms with Crippen molar-refractivity contribution in [1.82, 2.24) is 5.01 Å². The molecule has 1 aromatic carbocycles. The smallest absolute Gasteiger partial charge is 0.164 e. The zero-order valence-electron chi connectivity index (χ0n) is 12.2. The van der Waals surface area contributed by atoms with Crippen molar-refractivity contribution in [1.29, 1.82) is 5.26 Å². The number of aromatic hydroxyl groups is 1. The quantitative estimate of drug-likeness (QED) is 0.919. The van der Waals surface area contributed by atoms with Gasteiger partial charge in [-0.1, -0.05) is 12.1 Å². The molecule has 5 nitrogen and oxygen atoms in total. The lowest BCUT2D eigenvalue weighted by atomic mass is 9.95. The second kappa shape index (κ2) is 5.04. The first-order chi connectivity index (χ1) is 9.40. The molecule has 0 amide bonds. The number of hydrogen-bond donors (Lipinski definition) is 1. The van der Waals surface area contributed by atoms with Crippen molar-refractivity contribution in [2.24, 2.45) is 5.10 Å². The molecule has 1 aromatic rings. The molecule has 0 aromatic heterocycles. The Bertz CT molecular complexity index is 587. The van der Waals surface area contributed by atoms with Gasteiger partial charge in [-0.25, -0.2) is 0 Å². The summed E-state index contributed by atoms with van der Waals surface area (Å²) >= 11 is 0. The van der Waals surface area contributed by atoms with Crippen LogP contribution in [0, 0.1) is 11.3 Å². The Balaban J connectivity index is 2.47. The molecule has 0 fully saturated rings. The fourth-order valence-corrected chi connectivity index (χ4v) is 2.65. The Morgan fingerprint density at radius 1 is 1.50 bits per heavy atom. The monoisotopic (exact) mass is 273 g/mol. The molecule has 1 heterocycles. The van der Waals surface area contributed by atoms with E-state index in [0.717, 1.165) is 12.1 Å². The molecule has 0 saturated heterocycles. The first-order valence-electron chi connectivity index (χ1n) is 6.49. The van der Waals surface area contributed by atoms with Crippen LogP contribution in [-0.2, 0) is 0 Å². The molecule has 2 rings (SSSR count). The van der Waals surface area contributed by atoms with E-state index >= 15 is 0 Å². The number of ether oxygens (including phenoxy) is 1. The standard InChI is InChI=1S/C15H19N3O2/c1-10-8-15(2,3)18(17-10)12(9-16)11-6-5-7-13(20-4)14(11)19/h5-7,12,19H,8H2,1-4H3/t12-/m0/s1. The summed E-state index contributed by atoms with van der Waals surface area (Å²) < 4.78 is 5.10. The average Bonchev–Trinajstić information content (AvgIpc) is 2.66. The molecule has 5 heteroatoms. The third-order valence-corrected chi connectivity index (χ3v) is 3.50. The van der Waals surface area contributed by atoms with Crippen LogP contribution in [0.25, 0.3) is 0 Å². The molecule has 1 aliphatic rings. The summed E-state index contributed by atoms with van der Waals surface area (Å²) in [5.41, 5.74) is 1.25. The van der Waals surface area contributed by atoms with Crippen LogP contribution >= 0.6 is 0 Å². The van der Waals surface area contributed by atoms with Crippen molar-refractivity contribution in [3.63, 3.8) is 0 Å². The van der Waals surface area contributed by atoms with Crippen LogP contribution in [0.2, 0.25) is 0 Å². The molecule has 0 spiro atoms. The van der Waals surface area contributed by atoms with Gasteiger partial charge < -0.3 is 9.84 Å². The van der Waals surface area contributed by atoms with E-state index in [1.54, 1.807) is 23.2 Å². The van der Waals surface area contributed by atoms with Crippen LogP contribution in [0.4, 0.5) is 0 Å². The molecular formula is C15H19N3O2. The zero-order valence-corrected chi connectivity index (χ0v) is 12.2. The Kier molecular flexibility index (Phi) is 3.58. The summed E-state index contributed by atoms with van der Waals surface area (Å²) in [6, 6.07) is 6.74. The molecule has 1 N–H and O–H groups in total. The van der Waals surface area contributed by atoms with Gasteiger partial charge in [-0.15, -0.1) is 0 Å². The van der Waals surface area contributed by atoms with Crippen molar-refractivity contribution in [2.75, 3.05) is 7.11 Å². The molecule has 0 radical (unpaired) electrons. The molecule has 1 atom stereocenters. The van der Waals surface area contributed by atoms with E-state index in [0.29, 0.717) is 11.3 Å². The van der Waals surface area contributed by atoms with Crippen molar-refractivity contribution >= 4 is 5.71 Å². The topological polar surface area (TPSA) is 68.8 Å². The Labute approximate surface area is 119 Å². The number of methoxy groups -OCH3 is 1. The van der Waals surface area contributed by atoms with Crippen molar-refractivity contribution in [3.05, 3.63) is 23.8 Å². The van der Waals surface area contributed by atoms with E-state index in [1.807, 2.05) is 20.8 Å². The molecular weight excluding hydrogens is 254 g/mol. The van der Waals surface area contributed by atoms with E-state index in [4.69, 9.17) is 4.74 Å². The minimum atomic E-state index is -0.641. The fourth-order valence-electron chi connectivity index (χ4n) is 2.65. The van der Waals surface area contributed by atoms with E-state index in [9.17, 15) is 10.4 Å². The summed E-state index contributed by atoms with van der Waals surface area (Å²) in [5.74, 6) is 0.359. The van der Waals surface area contributed by atoms with Gasteiger partial charge in [-0.3, -0.25) is 5.01 Å². The number of para-hydroxylation sites is 1. The lowest BCUT2D eigenvalue weighted by Gasteiger charge is -2.34. The number of rotatable bonds is 3. The second-order valence-corrected chi connectivity index (χ2v) is 5.60. The SMILES string of the molecule is COc1cccc([C@H](C#N)N2N=C(C)CC2(C)C)c1O. The molecule has 1 aliphatic heterocycles. The number of phenols is 1. The summed E-state index contributed by atoms with van der Waals surface area (Å²) in [5, 5.41) is 26.0. The lowest BCUT2D eigenvalue weighted by Crippen LogP contribution is -2.38. The van der Waals surface area contributed by atoms with Crippen molar-refractivity contribution < 1.29 is 9.84 Å². The van der Waals surface area contributed by atoms with Gasteiger partial charge in [0.05, 0.1) is 18.7 Å². The van der Waals surface area contributed by atoms with Crippen molar-refractivity contribution in [3.8, 4) is 17.6 Å². The Hall–Kier alpha value is -2.22. The predicted molar refractivity (Wildman–Crippen MR) is 76.7 cm³/mol. The van der Waals surface area contributed by atoms with E-state index in [-0.39, 0.29) is 11.3 Å². The summed E-state index contributed by atoms with van der Waals surface area (Å²) in [6.07, 6.45) is 0.801. The average molecular weight is 273 g/mol. The lowest BCUT2D eigenvalue weighted by molar-refractivity contribution is 0.121. The van der Waals surface area contributed by atoms with Crippen LogP contribution in [0.1, 0.15) is 38.8 Å². The highest BCUT2D eigenvalue weighted by Gasteiger charge is 2.38. The summed E-state index contributed by atoms with van der Waals surface area (Å²) in [6.45, 7) is 6.02. The first kappa shape index (κ1) is 14.2. The van der Waals surface area contributed by atoms with Crippen LogP contribution in [0.5, 0.6) is 11.5 Å². The van der Waals surface area contributed by atoms with Crippen LogP contribution in [0.15, 0.2) is 23.3 Å².